The third-order valence-corrected chi connectivity index (χ3v) is 3.68. The Bertz CT molecular complexity index is 361. The molecule has 2 unspecified atom stereocenters. The Morgan fingerprint density at radius 1 is 1.56 bits per heavy atom. The van der Waals surface area contributed by atoms with Crippen LogP contribution in [0.4, 0.5) is 4.39 Å². The lowest BCUT2D eigenvalue weighted by Gasteiger charge is -2.17. The molecule has 0 saturated carbocycles. The molecule has 1 N–H and O–H groups in total. The standard InChI is InChI=1S/C13H17ClFN/c1-9(6-10-4-5-16-8-10)12-7-11(15)2-3-13(12)14/h2-3,7,9-10,16H,4-6,8H2,1H3. The van der Waals surface area contributed by atoms with E-state index in [4.69, 9.17) is 11.6 Å². The molecular formula is C13H17ClFN. The molecule has 1 heterocycles. The van der Waals surface area contributed by atoms with Gasteiger partial charge in [-0.25, -0.2) is 4.39 Å². The first-order valence-electron chi connectivity index (χ1n) is 5.82. The summed E-state index contributed by atoms with van der Waals surface area (Å²) in [5.41, 5.74) is 0.938. The van der Waals surface area contributed by atoms with Gasteiger partial charge in [0.2, 0.25) is 0 Å². The van der Waals surface area contributed by atoms with Crippen LogP contribution < -0.4 is 5.32 Å². The third-order valence-electron chi connectivity index (χ3n) is 3.34. The molecule has 1 aromatic rings. The van der Waals surface area contributed by atoms with Gasteiger partial charge in [0.1, 0.15) is 5.82 Å². The molecule has 0 aromatic heterocycles. The molecule has 0 radical (unpaired) electrons. The van der Waals surface area contributed by atoms with Gasteiger partial charge in [0.05, 0.1) is 0 Å². The molecule has 2 atom stereocenters. The van der Waals surface area contributed by atoms with Crippen molar-refractivity contribution in [3.05, 3.63) is 34.6 Å². The van der Waals surface area contributed by atoms with Crippen LogP contribution in [-0.4, -0.2) is 13.1 Å². The maximum Gasteiger partial charge on any atom is 0.123 e. The SMILES string of the molecule is CC(CC1CCNC1)c1cc(F)ccc1Cl. The summed E-state index contributed by atoms with van der Waals surface area (Å²) in [6, 6.07) is 4.63. The number of benzene rings is 1. The van der Waals surface area contributed by atoms with Crippen molar-refractivity contribution in [2.75, 3.05) is 13.1 Å². The minimum absolute atomic E-state index is 0.198. The molecule has 2 rings (SSSR count). The second-order valence-corrected chi connectivity index (χ2v) is 5.07. The second-order valence-electron chi connectivity index (χ2n) is 4.66. The normalized spacial score (nSPS) is 22.3. The van der Waals surface area contributed by atoms with Gasteiger partial charge in [-0.05, 0) is 61.5 Å². The number of rotatable bonds is 3. The van der Waals surface area contributed by atoms with Crippen molar-refractivity contribution in [3.8, 4) is 0 Å². The molecule has 0 spiro atoms. The van der Waals surface area contributed by atoms with E-state index in [9.17, 15) is 4.39 Å². The van der Waals surface area contributed by atoms with E-state index in [1.165, 1.54) is 12.5 Å². The highest BCUT2D eigenvalue weighted by Gasteiger charge is 2.19. The van der Waals surface area contributed by atoms with E-state index >= 15 is 0 Å². The fraction of sp³-hybridized carbons (Fsp3) is 0.538. The Morgan fingerprint density at radius 2 is 2.38 bits per heavy atom. The van der Waals surface area contributed by atoms with Crippen molar-refractivity contribution >= 4 is 11.6 Å². The second kappa shape index (κ2) is 5.15. The first-order valence-corrected chi connectivity index (χ1v) is 6.20. The van der Waals surface area contributed by atoms with Crippen molar-refractivity contribution in [2.24, 2.45) is 5.92 Å². The van der Waals surface area contributed by atoms with E-state index in [1.54, 1.807) is 12.1 Å². The maximum atomic E-state index is 13.2. The maximum absolute atomic E-state index is 13.2. The molecule has 1 nitrogen and oxygen atoms in total. The quantitative estimate of drug-likeness (QED) is 0.853. The number of nitrogens with one attached hydrogen (secondary N) is 1. The van der Waals surface area contributed by atoms with Gasteiger partial charge in [0, 0.05) is 5.02 Å². The Morgan fingerprint density at radius 3 is 3.06 bits per heavy atom. The van der Waals surface area contributed by atoms with Crippen LogP contribution in [0.1, 0.15) is 31.2 Å². The summed E-state index contributed by atoms with van der Waals surface area (Å²) in [5, 5.41) is 4.03. The molecule has 1 aliphatic rings. The fourth-order valence-electron chi connectivity index (χ4n) is 2.43. The molecule has 0 aliphatic carbocycles. The molecule has 16 heavy (non-hydrogen) atoms. The smallest absolute Gasteiger partial charge is 0.123 e. The first kappa shape index (κ1) is 11.9. The van der Waals surface area contributed by atoms with Gasteiger partial charge in [-0.2, -0.15) is 0 Å². The van der Waals surface area contributed by atoms with E-state index in [-0.39, 0.29) is 5.82 Å². The zero-order valence-electron chi connectivity index (χ0n) is 9.47. The van der Waals surface area contributed by atoms with Crippen molar-refractivity contribution < 1.29 is 4.39 Å². The van der Waals surface area contributed by atoms with Gasteiger partial charge >= 0.3 is 0 Å². The van der Waals surface area contributed by atoms with Crippen molar-refractivity contribution in [3.63, 3.8) is 0 Å². The number of hydrogen-bond acceptors (Lipinski definition) is 1. The van der Waals surface area contributed by atoms with Crippen LogP contribution in [-0.2, 0) is 0 Å². The van der Waals surface area contributed by atoms with Gasteiger partial charge in [0.25, 0.3) is 0 Å². The molecular weight excluding hydrogens is 225 g/mol. The highest BCUT2D eigenvalue weighted by atomic mass is 35.5. The van der Waals surface area contributed by atoms with Gasteiger partial charge < -0.3 is 5.32 Å². The minimum atomic E-state index is -0.198. The van der Waals surface area contributed by atoms with Gasteiger partial charge in [0.15, 0.2) is 0 Å². The van der Waals surface area contributed by atoms with Gasteiger partial charge in [-0.15, -0.1) is 0 Å². The van der Waals surface area contributed by atoms with Crippen LogP contribution >= 0.6 is 11.6 Å². The predicted octanol–water partition coefficient (Wildman–Crippen LogP) is 3.58. The van der Waals surface area contributed by atoms with Crippen LogP contribution in [0.25, 0.3) is 0 Å². The third kappa shape index (κ3) is 2.74. The summed E-state index contributed by atoms with van der Waals surface area (Å²) in [4.78, 5) is 0. The van der Waals surface area contributed by atoms with Crippen LogP contribution in [0.5, 0.6) is 0 Å². The molecule has 3 heteroatoms. The summed E-state index contributed by atoms with van der Waals surface area (Å²) in [7, 11) is 0. The molecule has 1 fully saturated rings. The van der Waals surface area contributed by atoms with Gasteiger partial charge in [-0.1, -0.05) is 18.5 Å². The summed E-state index contributed by atoms with van der Waals surface area (Å²) in [5.74, 6) is 0.832. The average Bonchev–Trinajstić information content (AvgIpc) is 2.74. The monoisotopic (exact) mass is 241 g/mol. The van der Waals surface area contributed by atoms with Crippen molar-refractivity contribution in [1.29, 1.82) is 0 Å². The van der Waals surface area contributed by atoms with Crippen LogP contribution in [0.3, 0.4) is 0 Å². The van der Waals surface area contributed by atoms with E-state index in [0.29, 0.717) is 16.9 Å². The molecule has 1 aromatic carbocycles. The lowest BCUT2D eigenvalue weighted by atomic mass is 9.90. The predicted molar refractivity (Wildman–Crippen MR) is 65.4 cm³/mol. The molecule has 1 saturated heterocycles. The number of halogens is 2. The summed E-state index contributed by atoms with van der Waals surface area (Å²) >= 11 is 6.09. The topological polar surface area (TPSA) is 12.0 Å². The highest BCUT2D eigenvalue weighted by Crippen LogP contribution is 2.31. The van der Waals surface area contributed by atoms with Crippen LogP contribution in [0.2, 0.25) is 5.02 Å². The van der Waals surface area contributed by atoms with Crippen molar-refractivity contribution in [1.82, 2.24) is 5.32 Å². The minimum Gasteiger partial charge on any atom is -0.316 e. The Labute approximate surface area is 101 Å². The number of hydrogen-bond donors (Lipinski definition) is 1. The molecule has 0 amide bonds. The first-order chi connectivity index (χ1) is 7.66. The molecule has 0 bridgehead atoms. The highest BCUT2D eigenvalue weighted by molar-refractivity contribution is 6.31. The molecule has 1 aliphatic heterocycles. The van der Waals surface area contributed by atoms with Crippen LogP contribution in [0, 0.1) is 11.7 Å². The fourth-order valence-corrected chi connectivity index (χ4v) is 2.74. The lowest BCUT2D eigenvalue weighted by molar-refractivity contribution is 0.482. The van der Waals surface area contributed by atoms with E-state index < -0.39 is 0 Å². The molecule has 88 valence electrons. The Hall–Kier alpha value is -0.600. The van der Waals surface area contributed by atoms with E-state index in [0.717, 1.165) is 25.1 Å². The zero-order valence-corrected chi connectivity index (χ0v) is 10.2. The van der Waals surface area contributed by atoms with Gasteiger partial charge in [-0.3, -0.25) is 0 Å². The van der Waals surface area contributed by atoms with E-state index in [1.807, 2.05) is 0 Å². The largest absolute Gasteiger partial charge is 0.316 e. The van der Waals surface area contributed by atoms with E-state index in [2.05, 4.69) is 12.2 Å². The Kier molecular flexibility index (Phi) is 3.82. The summed E-state index contributed by atoms with van der Waals surface area (Å²) in [6.07, 6.45) is 2.30. The van der Waals surface area contributed by atoms with Crippen molar-refractivity contribution in [2.45, 2.75) is 25.7 Å². The van der Waals surface area contributed by atoms with Crippen LogP contribution in [0.15, 0.2) is 18.2 Å². The summed E-state index contributed by atoms with van der Waals surface area (Å²) < 4.78 is 13.2. The Balaban J connectivity index is 2.07. The summed E-state index contributed by atoms with van der Waals surface area (Å²) in [6.45, 7) is 4.31. The average molecular weight is 242 g/mol. The zero-order chi connectivity index (χ0) is 11.5. The lowest BCUT2D eigenvalue weighted by Crippen LogP contribution is -2.11.